The molecular weight excluding hydrogens is 232 g/mol. The summed E-state index contributed by atoms with van der Waals surface area (Å²) in [6.45, 7) is 1.14. The van der Waals surface area contributed by atoms with Crippen LogP contribution in [0.5, 0.6) is 0 Å². The molecule has 0 aliphatic carbocycles. The molecule has 1 amide bonds. The summed E-state index contributed by atoms with van der Waals surface area (Å²) in [5.74, 6) is -0.202. The zero-order valence-corrected chi connectivity index (χ0v) is 11.0. The van der Waals surface area contributed by atoms with E-state index in [0.29, 0.717) is 18.8 Å². The molecule has 3 N–H and O–H groups in total. The molecule has 0 fully saturated rings. The second-order valence-corrected chi connectivity index (χ2v) is 4.07. The van der Waals surface area contributed by atoms with Gasteiger partial charge in [-0.3, -0.25) is 9.78 Å². The highest BCUT2D eigenvalue weighted by Crippen LogP contribution is 2.13. The quantitative estimate of drug-likeness (QED) is 0.736. The summed E-state index contributed by atoms with van der Waals surface area (Å²) in [5.41, 5.74) is 7.17. The lowest BCUT2D eigenvalue weighted by Gasteiger charge is -2.23. The highest BCUT2D eigenvalue weighted by atomic mass is 16.5. The number of carbonyl (C=O) groups excluding carboxylic acids is 1. The number of amides is 1. The molecule has 0 saturated carbocycles. The van der Waals surface area contributed by atoms with E-state index in [0.717, 1.165) is 5.69 Å². The Labute approximate surface area is 107 Å². The average Bonchev–Trinajstić information content (AvgIpc) is 2.38. The number of hydrogen-bond donors (Lipinski definition) is 2. The maximum atomic E-state index is 11.5. The molecule has 0 spiro atoms. The molecule has 0 aromatic carbocycles. The number of carbonyl (C=O) groups is 1. The Morgan fingerprint density at radius 2 is 2.39 bits per heavy atom. The second-order valence-electron chi connectivity index (χ2n) is 4.07. The van der Waals surface area contributed by atoms with Gasteiger partial charge in [-0.2, -0.15) is 0 Å². The molecule has 0 aliphatic heterocycles. The van der Waals surface area contributed by atoms with Gasteiger partial charge in [0.2, 0.25) is 0 Å². The van der Waals surface area contributed by atoms with Crippen LogP contribution in [0.2, 0.25) is 0 Å². The fraction of sp³-hybridized carbons (Fsp3) is 0.500. The second kappa shape index (κ2) is 6.93. The van der Waals surface area contributed by atoms with Crippen LogP contribution in [-0.2, 0) is 4.74 Å². The first-order valence-electron chi connectivity index (χ1n) is 5.72. The summed E-state index contributed by atoms with van der Waals surface area (Å²) >= 11 is 0. The van der Waals surface area contributed by atoms with Crippen molar-refractivity contribution in [2.75, 3.05) is 39.3 Å². The van der Waals surface area contributed by atoms with Crippen molar-refractivity contribution in [3.05, 3.63) is 24.0 Å². The number of methoxy groups -OCH3 is 1. The number of nitrogens with zero attached hydrogens (tertiary/aromatic N) is 2. The first kappa shape index (κ1) is 14.4. The van der Waals surface area contributed by atoms with E-state index in [-0.39, 0.29) is 11.9 Å². The third-order valence-corrected chi connectivity index (χ3v) is 2.53. The molecule has 1 heterocycles. The van der Waals surface area contributed by atoms with Crippen molar-refractivity contribution in [1.29, 1.82) is 0 Å². The topological polar surface area (TPSA) is 80.5 Å². The number of likely N-dealkylation sites (N-methyl/N-ethyl adjacent to an activating group) is 1. The SMILES string of the molecule is CNC(=O)c1cc(N(C)CC(N)COC)ccn1. The van der Waals surface area contributed by atoms with E-state index in [1.165, 1.54) is 0 Å². The van der Waals surface area contributed by atoms with Crippen LogP contribution in [0.25, 0.3) is 0 Å². The van der Waals surface area contributed by atoms with E-state index >= 15 is 0 Å². The summed E-state index contributed by atoms with van der Waals surface area (Å²) in [7, 11) is 5.11. The van der Waals surface area contributed by atoms with Gasteiger partial charge in [-0.15, -0.1) is 0 Å². The van der Waals surface area contributed by atoms with Gasteiger partial charge in [0, 0.05) is 45.7 Å². The fourth-order valence-electron chi connectivity index (χ4n) is 1.63. The van der Waals surface area contributed by atoms with Crippen LogP contribution in [0.15, 0.2) is 18.3 Å². The average molecular weight is 252 g/mol. The van der Waals surface area contributed by atoms with Crippen LogP contribution < -0.4 is 16.0 Å². The molecule has 0 saturated heterocycles. The summed E-state index contributed by atoms with van der Waals surface area (Å²) in [4.78, 5) is 17.5. The summed E-state index contributed by atoms with van der Waals surface area (Å²) in [5, 5.41) is 2.54. The van der Waals surface area contributed by atoms with Gasteiger partial charge in [0.1, 0.15) is 5.69 Å². The predicted octanol–water partition coefficient (Wildman–Crippen LogP) is -0.149. The number of rotatable bonds is 6. The molecule has 0 aliphatic rings. The molecule has 6 heteroatoms. The number of hydrogen-bond acceptors (Lipinski definition) is 5. The Bertz CT molecular complexity index is 397. The lowest BCUT2D eigenvalue weighted by atomic mass is 10.2. The van der Waals surface area contributed by atoms with Crippen LogP contribution >= 0.6 is 0 Å². The number of nitrogens with one attached hydrogen (secondary N) is 1. The van der Waals surface area contributed by atoms with Gasteiger partial charge in [0.15, 0.2) is 0 Å². The minimum absolute atomic E-state index is 0.0726. The van der Waals surface area contributed by atoms with Crippen LogP contribution in [0.1, 0.15) is 10.5 Å². The zero-order valence-electron chi connectivity index (χ0n) is 11.0. The standard InChI is InChI=1S/C12H20N4O2/c1-14-12(17)11-6-10(4-5-15-11)16(2)7-9(13)8-18-3/h4-6,9H,7-8,13H2,1-3H3,(H,14,17). The number of pyridine rings is 1. The highest BCUT2D eigenvalue weighted by Gasteiger charge is 2.10. The van der Waals surface area contributed by atoms with Gasteiger partial charge in [0.05, 0.1) is 6.61 Å². The van der Waals surface area contributed by atoms with Gasteiger partial charge in [-0.05, 0) is 12.1 Å². The normalized spacial score (nSPS) is 12.0. The van der Waals surface area contributed by atoms with E-state index in [4.69, 9.17) is 10.5 Å². The minimum atomic E-state index is -0.202. The first-order valence-corrected chi connectivity index (χ1v) is 5.72. The Hall–Kier alpha value is -1.66. The van der Waals surface area contributed by atoms with Crippen molar-refractivity contribution >= 4 is 11.6 Å². The smallest absolute Gasteiger partial charge is 0.269 e. The van der Waals surface area contributed by atoms with Crippen molar-refractivity contribution < 1.29 is 9.53 Å². The van der Waals surface area contributed by atoms with Crippen LogP contribution in [0.4, 0.5) is 5.69 Å². The van der Waals surface area contributed by atoms with E-state index in [1.54, 1.807) is 26.4 Å². The molecule has 1 aromatic heterocycles. The number of anilines is 1. The van der Waals surface area contributed by atoms with Gasteiger partial charge < -0.3 is 20.7 Å². The monoisotopic (exact) mass is 252 g/mol. The number of nitrogens with two attached hydrogens (primary N) is 1. The molecule has 1 rings (SSSR count). The molecule has 6 nitrogen and oxygen atoms in total. The molecule has 1 atom stereocenters. The third-order valence-electron chi connectivity index (χ3n) is 2.53. The minimum Gasteiger partial charge on any atom is -0.383 e. The van der Waals surface area contributed by atoms with Crippen LogP contribution in [0, 0.1) is 0 Å². The van der Waals surface area contributed by atoms with E-state index < -0.39 is 0 Å². The van der Waals surface area contributed by atoms with Crippen LogP contribution in [0.3, 0.4) is 0 Å². The maximum Gasteiger partial charge on any atom is 0.269 e. The molecule has 100 valence electrons. The maximum absolute atomic E-state index is 11.5. The van der Waals surface area contributed by atoms with Crippen molar-refractivity contribution in [3.63, 3.8) is 0 Å². The molecule has 1 unspecified atom stereocenters. The van der Waals surface area contributed by atoms with Gasteiger partial charge in [0.25, 0.3) is 5.91 Å². The summed E-state index contributed by atoms with van der Waals surface area (Å²) in [6.07, 6.45) is 1.61. The Morgan fingerprint density at radius 1 is 1.67 bits per heavy atom. The fourth-order valence-corrected chi connectivity index (χ4v) is 1.63. The number of ether oxygens (including phenoxy) is 1. The molecular formula is C12H20N4O2. The van der Waals surface area contributed by atoms with Crippen molar-refractivity contribution in [3.8, 4) is 0 Å². The van der Waals surface area contributed by atoms with Crippen molar-refractivity contribution in [2.24, 2.45) is 5.73 Å². The third kappa shape index (κ3) is 3.97. The molecule has 0 radical (unpaired) electrons. The van der Waals surface area contributed by atoms with E-state index in [9.17, 15) is 4.79 Å². The lowest BCUT2D eigenvalue weighted by Crippen LogP contribution is -2.38. The largest absolute Gasteiger partial charge is 0.383 e. The Balaban J connectivity index is 2.73. The zero-order chi connectivity index (χ0) is 13.5. The Morgan fingerprint density at radius 3 is 3.00 bits per heavy atom. The summed E-state index contributed by atoms with van der Waals surface area (Å²) in [6, 6.07) is 3.50. The lowest BCUT2D eigenvalue weighted by molar-refractivity contribution is 0.0958. The highest BCUT2D eigenvalue weighted by molar-refractivity contribution is 5.92. The van der Waals surface area contributed by atoms with Crippen molar-refractivity contribution in [2.45, 2.75) is 6.04 Å². The Kier molecular flexibility index (Phi) is 5.54. The van der Waals surface area contributed by atoms with E-state index in [1.807, 2.05) is 18.0 Å². The molecule has 0 bridgehead atoms. The first-order chi connectivity index (χ1) is 8.58. The predicted molar refractivity (Wildman–Crippen MR) is 70.7 cm³/mol. The number of aromatic nitrogens is 1. The summed E-state index contributed by atoms with van der Waals surface area (Å²) < 4.78 is 4.99. The molecule has 18 heavy (non-hydrogen) atoms. The van der Waals surface area contributed by atoms with Crippen LogP contribution in [-0.4, -0.2) is 51.3 Å². The van der Waals surface area contributed by atoms with Gasteiger partial charge in [-0.1, -0.05) is 0 Å². The van der Waals surface area contributed by atoms with E-state index in [2.05, 4.69) is 10.3 Å². The van der Waals surface area contributed by atoms with Gasteiger partial charge >= 0.3 is 0 Å². The molecule has 1 aromatic rings. The van der Waals surface area contributed by atoms with Crippen molar-refractivity contribution in [1.82, 2.24) is 10.3 Å². The van der Waals surface area contributed by atoms with Gasteiger partial charge in [-0.25, -0.2) is 0 Å².